The number of aryl methyl sites for hydroxylation is 1. The van der Waals surface area contributed by atoms with Crippen LogP contribution in [0.1, 0.15) is 16.1 Å². The summed E-state index contributed by atoms with van der Waals surface area (Å²) in [5, 5.41) is 8.97. The minimum absolute atomic E-state index is 0. The molecule has 5 nitrogen and oxygen atoms in total. The quantitative estimate of drug-likeness (QED) is 0.707. The van der Waals surface area contributed by atoms with Gasteiger partial charge in [-0.1, -0.05) is 0 Å². The number of halogens is 4. The number of hydrogen-bond donors (Lipinski definition) is 1. The van der Waals surface area contributed by atoms with E-state index in [4.69, 9.17) is 5.11 Å². The molecule has 0 aromatic carbocycles. The van der Waals surface area contributed by atoms with Crippen molar-refractivity contribution in [3.05, 3.63) is 39.8 Å². The smallest absolute Gasteiger partial charge is 0.433 e. The third-order valence-corrected chi connectivity index (χ3v) is 2.58. The van der Waals surface area contributed by atoms with Crippen LogP contribution in [0.3, 0.4) is 0 Å². The van der Waals surface area contributed by atoms with E-state index in [-0.39, 0.29) is 23.4 Å². The Labute approximate surface area is 116 Å². The van der Waals surface area contributed by atoms with Crippen LogP contribution < -0.4 is 18.0 Å². The van der Waals surface area contributed by atoms with Crippen molar-refractivity contribution in [1.82, 2.24) is 9.55 Å². The number of carbonyl (C=O) groups is 1. The standard InChI is InChI=1S/C11H7F3N2O3.ClH/c1-16-8-5(4-6(9(16)17)10(18)19)2-3-7(15-8)11(12,13)14;/h2-4H,1H3,(H,18,19);1H/p-1. The fourth-order valence-corrected chi connectivity index (χ4v) is 1.65. The number of carboxylic acid groups (broad SMARTS) is 1. The Bertz CT molecular complexity index is 740. The van der Waals surface area contributed by atoms with Gasteiger partial charge in [0.15, 0.2) is 0 Å². The lowest BCUT2D eigenvalue weighted by molar-refractivity contribution is -0.141. The van der Waals surface area contributed by atoms with Crippen molar-refractivity contribution < 1.29 is 35.5 Å². The van der Waals surface area contributed by atoms with Crippen LogP contribution in [0.4, 0.5) is 13.2 Å². The largest absolute Gasteiger partial charge is 1.00 e. The highest BCUT2D eigenvalue weighted by Gasteiger charge is 2.32. The number of rotatable bonds is 1. The van der Waals surface area contributed by atoms with Gasteiger partial charge in [0.25, 0.3) is 5.56 Å². The van der Waals surface area contributed by atoms with Crippen molar-refractivity contribution in [3.63, 3.8) is 0 Å². The minimum Gasteiger partial charge on any atom is -1.00 e. The summed E-state index contributed by atoms with van der Waals surface area (Å²) in [7, 11) is 1.17. The van der Waals surface area contributed by atoms with E-state index in [9.17, 15) is 22.8 Å². The maximum Gasteiger partial charge on any atom is 0.433 e. The molecule has 2 aromatic heterocycles. The van der Waals surface area contributed by atoms with Gasteiger partial charge in [0.05, 0.1) is 0 Å². The van der Waals surface area contributed by atoms with Crippen LogP contribution in [0.5, 0.6) is 0 Å². The second-order valence-electron chi connectivity index (χ2n) is 3.83. The Kier molecular flexibility index (Phi) is 4.09. The van der Waals surface area contributed by atoms with E-state index in [0.717, 1.165) is 22.8 Å². The summed E-state index contributed by atoms with van der Waals surface area (Å²) in [5.41, 5.74) is -2.79. The number of alkyl halides is 3. The first kappa shape index (κ1) is 16.0. The van der Waals surface area contributed by atoms with Crippen LogP contribution in [0.15, 0.2) is 23.0 Å². The SMILES string of the molecule is Cn1c(=O)c(C(=O)O)cc2ccc(C(F)(F)F)nc21.[Cl-]. The first-order valence-corrected chi connectivity index (χ1v) is 5.03. The third kappa shape index (κ3) is 2.60. The number of fused-ring (bicyclic) bond motifs is 1. The van der Waals surface area contributed by atoms with Crippen molar-refractivity contribution >= 4 is 17.0 Å². The van der Waals surface area contributed by atoms with E-state index in [1.165, 1.54) is 7.05 Å². The number of aromatic nitrogens is 2. The fourth-order valence-electron chi connectivity index (χ4n) is 1.65. The number of pyridine rings is 2. The summed E-state index contributed by atoms with van der Waals surface area (Å²) < 4.78 is 38.3. The maximum absolute atomic E-state index is 12.5. The summed E-state index contributed by atoms with van der Waals surface area (Å²) in [5.74, 6) is -1.44. The number of hydrogen-bond acceptors (Lipinski definition) is 3. The van der Waals surface area contributed by atoms with Crippen molar-refractivity contribution in [3.8, 4) is 0 Å². The molecule has 0 unspecified atom stereocenters. The average molecular weight is 308 g/mol. The molecule has 0 radical (unpaired) electrons. The third-order valence-electron chi connectivity index (χ3n) is 2.58. The van der Waals surface area contributed by atoms with E-state index < -0.39 is 29.0 Å². The molecule has 0 aliphatic rings. The van der Waals surface area contributed by atoms with Gasteiger partial charge in [0, 0.05) is 12.4 Å². The van der Waals surface area contributed by atoms with Crippen LogP contribution >= 0.6 is 0 Å². The lowest BCUT2D eigenvalue weighted by Gasteiger charge is -2.09. The van der Waals surface area contributed by atoms with Gasteiger partial charge in [-0.05, 0) is 18.2 Å². The Hall–Kier alpha value is -2.09. The van der Waals surface area contributed by atoms with Gasteiger partial charge in [-0.25, -0.2) is 9.78 Å². The molecule has 20 heavy (non-hydrogen) atoms. The highest BCUT2D eigenvalue weighted by atomic mass is 35.5. The van der Waals surface area contributed by atoms with E-state index in [1.807, 2.05) is 0 Å². The van der Waals surface area contributed by atoms with Gasteiger partial charge in [0.2, 0.25) is 0 Å². The number of nitrogens with zero attached hydrogens (tertiary/aromatic N) is 2. The highest BCUT2D eigenvalue weighted by Crippen LogP contribution is 2.28. The molecule has 0 bridgehead atoms. The number of aromatic carboxylic acids is 1. The number of carboxylic acids is 1. The molecule has 0 atom stereocenters. The van der Waals surface area contributed by atoms with Crippen LogP contribution in [0.25, 0.3) is 11.0 Å². The predicted octanol–water partition coefficient (Wildman–Crippen LogP) is -1.35. The first-order valence-electron chi connectivity index (χ1n) is 5.03. The minimum atomic E-state index is -4.63. The van der Waals surface area contributed by atoms with Crippen molar-refractivity contribution in [2.45, 2.75) is 6.18 Å². The summed E-state index contributed by atoms with van der Waals surface area (Å²) in [6, 6.07) is 2.82. The first-order chi connectivity index (χ1) is 8.71. The van der Waals surface area contributed by atoms with Gasteiger partial charge in [-0.3, -0.25) is 9.36 Å². The Morgan fingerprint density at radius 1 is 1.35 bits per heavy atom. The normalized spacial score (nSPS) is 11.2. The molecule has 0 aliphatic carbocycles. The van der Waals surface area contributed by atoms with Gasteiger partial charge in [-0.15, -0.1) is 0 Å². The molecule has 0 aliphatic heterocycles. The summed E-state index contributed by atoms with van der Waals surface area (Å²) in [4.78, 5) is 25.8. The molecule has 0 amide bonds. The molecule has 9 heteroatoms. The maximum atomic E-state index is 12.5. The topological polar surface area (TPSA) is 72.2 Å². The summed E-state index contributed by atoms with van der Waals surface area (Å²) in [6.45, 7) is 0. The van der Waals surface area contributed by atoms with E-state index in [2.05, 4.69) is 4.98 Å². The van der Waals surface area contributed by atoms with Gasteiger partial charge in [-0.2, -0.15) is 13.2 Å². The lowest BCUT2D eigenvalue weighted by atomic mass is 10.2. The molecule has 0 saturated heterocycles. The molecule has 108 valence electrons. The van der Waals surface area contributed by atoms with E-state index >= 15 is 0 Å². The Morgan fingerprint density at radius 3 is 2.45 bits per heavy atom. The zero-order chi connectivity index (χ0) is 14.4. The van der Waals surface area contributed by atoms with Crippen LogP contribution in [0.2, 0.25) is 0 Å². The molecule has 0 spiro atoms. The molecule has 2 rings (SSSR count). The molecule has 0 saturated carbocycles. The van der Waals surface area contributed by atoms with E-state index in [1.54, 1.807) is 0 Å². The van der Waals surface area contributed by atoms with Gasteiger partial charge < -0.3 is 17.5 Å². The predicted molar refractivity (Wildman–Crippen MR) is 58.9 cm³/mol. The Balaban J connectivity index is 0.00000200. The fraction of sp³-hybridized carbons (Fsp3) is 0.182. The molecule has 1 N–H and O–H groups in total. The van der Waals surface area contributed by atoms with Crippen LogP contribution in [-0.2, 0) is 13.2 Å². The monoisotopic (exact) mass is 307 g/mol. The Morgan fingerprint density at radius 2 is 1.95 bits per heavy atom. The van der Waals surface area contributed by atoms with Crippen LogP contribution in [0, 0.1) is 0 Å². The zero-order valence-corrected chi connectivity index (χ0v) is 10.7. The zero-order valence-electron chi connectivity index (χ0n) is 9.90. The average Bonchev–Trinajstić information content (AvgIpc) is 2.31. The second kappa shape index (κ2) is 5.12. The van der Waals surface area contributed by atoms with Crippen molar-refractivity contribution in [2.75, 3.05) is 0 Å². The highest BCUT2D eigenvalue weighted by molar-refractivity contribution is 5.91. The molecule has 2 aromatic rings. The van der Waals surface area contributed by atoms with Gasteiger partial charge in [0.1, 0.15) is 16.9 Å². The molecular weight excluding hydrogens is 301 g/mol. The van der Waals surface area contributed by atoms with Crippen molar-refractivity contribution in [1.29, 1.82) is 0 Å². The lowest BCUT2D eigenvalue weighted by Crippen LogP contribution is -3.00. The summed E-state index contributed by atoms with van der Waals surface area (Å²) >= 11 is 0. The summed E-state index contributed by atoms with van der Waals surface area (Å²) in [6.07, 6.45) is -4.63. The molecular formula is C11H7ClF3N2O3-. The molecule has 0 fully saturated rings. The van der Waals surface area contributed by atoms with Gasteiger partial charge >= 0.3 is 12.1 Å². The van der Waals surface area contributed by atoms with E-state index in [0.29, 0.717) is 0 Å². The molecule has 2 heterocycles. The van der Waals surface area contributed by atoms with Crippen LogP contribution in [-0.4, -0.2) is 20.6 Å². The van der Waals surface area contributed by atoms with Crippen molar-refractivity contribution in [2.24, 2.45) is 7.05 Å². The second-order valence-corrected chi connectivity index (χ2v) is 3.83.